The van der Waals surface area contributed by atoms with E-state index in [1.807, 2.05) is 0 Å². The Bertz CT molecular complexity index is 1520. The van der Waals surface area contributed by atoms with Crippen LogP contribution in [0.15, 0.2) is 36.7 Å². The predicted molar refractivity (Wildman–Crippen MR) is 126 cm³/mol. The zero-order chi connectivity index (χ0) is 26.7. The standard InChI is InChI=1S/C21H17Cl2F3N8O3/c1-20(21(24,25)26)9-32(14-3-2-11-5-16(23)31-33(11)17(14)20)19(37)29-10-4-12(22)18(27-6-10)34-28-7-13(30-34)15(36)8-35/h2-7,15,35-36H,8-9H2,1H3,(H,29,37)/t15?,20-/m1/s1. The maximum Gasteiger partial charge on any atom is 0.401 e. The molecule has 5 rings (SSSR count). The lowest BCUT2D eigenvalue weighted by molar-refractivity contribution is -0.181. The minimum absolute atomic E-state index is 0.00767. The molecule has 0 saturated carbocycles. The van der Waals surface area contributed by atoms with Crippen LogP contribution in [0.2, 0.25) is 10.2 Å². The van der Waals surface area contributed by atoms with E-state index in [0.29, 0.717) is 5.52 Å². The maximum absolute atomic E-state index is 14.3. The molecule has 0 saturated heterocycles. The number of anilines is 2. The molecule has 4 aromatic heterocycles. The number of alkyl halides is 3. The number of carbonyl (C=O) groups is 1. The second-order valence-corrected chi connectivity index (χ2v) is 9.30. The Labute approximate surface area is 216 Å². The average Bonchev–Trinajstić information content (AvgIpc) is 3.53. The van der Waals surface area contributed by atoms with Crippen LogP contribution in [0.3, 0.4) is 0 Å². The number of aliphatic hydroxyl groups excluding tert-OH is 2. The molecule has 11 nitrogen and oxygen atoms in total. The number of aromatic nitrogens is 6. The summed E-state index contributed by atoms with van der Waals surface area (Å²) in [5, 5.41) is 33.2. The predicted octanol–water partition coefficient (Wildman–Crippen LogP) is 3.51. The minimum atomic E-state index is -4.70. The number of hydrogen-bond acceptors (Lipinski definition) is 7. The number of aliphatic hydroxyl groups is 2. The summed E-state index contributed by atoms with van der Waals surface area (Å²) in [6.45, 7) is -0.252. The van der Waals surface area contributed by atoms with E-state index in [9.17, 15) is 23.1 Å². The average molecular weight is 557 g/mol. The Morgan fingerprint density at radius 2 is 2.00 bits per heavy atom. The number of amides is 2. The lowest BCUT2D eigenvalue weighted by atomic mass is 9.87. The number of halogens is 5. The van der Waals surface area contributed by atoms with Crippen LogP contribution in [0, 0.1) is 0 Å². The molecule has 16 heteroatoms. The Kier molecular flexibility index (Phi) is 6.02. The van der Waals surface area contributed by atoms with E-state index in [-0.39, 0.29) is 38.8 Å². The van der Waals surface area contributed by atoms with Gasteiger partial charge in [-0.05, 0) is 25.1 Å². The molecule has 37 heavy (non-hydrogen) atoms. The van der Waals surface area contributed by atoms with Gasteiger partial charge in [0.05, 0.1) is 46.6 Å². The van der Waals surface area contributed by atoms with Gasteiger partial charge in [0.25, 0.3) is 0 Å². The Hall–Kier alpha value is -3.46. The summed E-state index contributed by atoms with van der Waals surface area (Å²) in [5.41, 5.74) is -2.06. The Morgan fingerprint density at radius 1 is 1.24 bits per heavy atom. The highest BCUT2D eigenvalue weighted by atomic mass is 35.5. The summed E-state index contributed by atoms with van der Waals surface area (Å²) in [5.74, 6) is 0.0603. The number of pyridine rings is 2. The van der Waals surface area contributed by atoms with E-state index in [0.717, 1.165) is 21.1 Å². The smallest absolute Gasteiger partial charge is 0.393 e. The van der Waals surface area contributed by atoms with Crippen molar-refractivity contribution in [2.45, 2.75) is 24.6 Å². The molecule has 0 fully saturated rings. The van der Waals surface area contributed by atoms with Crippen LogP contribution in [-0.2, 0) is 5.41 Å². The van der Waals surface area contributed by atoms with Gasteiger partial charge in [0.1, 0.15) is 17.2 Å². The van der Waals surface area contributed by atoms with Gasteiger partial charge >= 0.3 is 12.2 Å². The normalized spacial score (nSPS) is 18.3. The number of urea groups is 1. The second-order valence-electron chi connectivity index (χ2n) is 8.50. The van der Waals surface area contributed by atoms with Gasteiger partial charge in [0, 0.05) is 12.6 Å². The number of fused-ring (bicyclic) bond motifs is 3. The van der Waals surface area contributed by atoms with Crippen LogP contribution >= 0.6 is 23.2 Å². The van der Waals surface area contributed by atoms with Gasteiger partial charge in [-0.25, -0.2) is 14.3 Å². The number of hydrogen-bond donors (Lipinski definition) is 3. The molecule has 1 unspecified atom stereocenters. The lowest BCUT2D eigenvalue weighted by Gasteiger charge is -2.28. The van der Waals surface area contributed by atoms with Crippen LogP contribution in [-0.4, -0.2) is 65.2 Å². The van der Waals surface area contributed by atoms with Gasteiger partial charge in [-0.2, -0.15) is 23.4 Å². The van der Waals surface area contributed by atoms with Crippen molar-refractivity contribution in [1.82, 2.24) is 29.6 Å². The fourth-order valence-corrected chi connectivity index (χ4v) is 4.52. The summed E-state index contributed by atoms with van der Waals surface area (Å²) >= 11 is 12.2. The number of nitrogens with zero attached hydrogens (tertiary/aromatic N) is 7. The molecule has 5 heterocycles. The van der Waals surface area contributed by atoms with Crippen LogP contribution in [0.5, 0.6) is 0 Å². The monoisotopic (exact) mass is 556 g/mol. The van der Waals surface area contributed by atoms with E-state index < -0.39 is 36.9 Å². The van der Waals surface area contributed by atoms with Crippen molar-refractivity contribution in [3.63, 3.8) is 0 Å². The molecule has 1 aliphatic heterocycles. The molecule has 0 bridgehead atoms. The first-order valence-corrected chi connectivity index (χ1v) is 11.4. The summed E-state index contributed by atoms with van der Waals surface area (Å²) in [7, 11) is 0. The number of rotatable bonds is 4. The molecule has 0 aliphatic carbocycles. The van der Waals surface area contributed by atoms with Crippen molar-refractivity contribution in [3.8, 4) is 5.82 Å². The Balaban J connectivity index is 1.45. The second kappa shape index (κ2) is 8.83. The van der Waals surface area contributed by atoms with E-state index >= 15 is 0 Å². The summed E-state index contributed by atoms with van der Waals surface area (Å²) in [6, 6.07) is 4.84. The van der Waals surface area contributed by atoms with E-state index in [4.69, 9.17) is 28.3 Å². The van der Waals surface area contributed by atoms with Crippen molar-refractivity contribution in [2.75, 3.05) is 23.4 Å². The highest BCUT2D eigenvalue weighted by Gasteiger charge is 2.60. The summed E-state index contributed by atoms with van der Waals surface area (Å²) in [6.07, 6.45) is -3.49. The van der Waals surface area contributed by atoms with Gasteiger partial charge in [-0.1, -0.05) is 23.2 Å². The zero-order valence-electron chi connectivity index (χ0n) is 18.8. The number of carbonyl (C=O) groups excluding carboxylic acids is 1. The lowest BCUT2D eigenvalue weighted by Crippen LogP contribution is -2.46. The van der Waals surface area contributed by atoms with Gasteiger partial charge in [-0.3, -0.25) is 4.90 Å². The molecule has 194 valence electrons. The molecule has 0 aromatic carbocycles. The van der Waals surface area contributed by atoms with Gasteiger partial charge in [0.15, 0.2) is 11.0 Å². The van der Waals surface area contributed by atoms with Crippen LogP contribution in [0.4, 0.5) is 29.3 Å². The largest absolute Gasteiger partial charge is 0.401 e. The third-order valence-corrected chi connectivity index (χ3v) is 6.48. The molecule has 2 atom stereocenters. The molecule has 0 radical (unpaired) electrons. The van der Waals surface area contributed by atoms with Crippen LogP contribution in [0.1, 0.15) is 24.4 Å². The fourth-order valence-electron chi connectivity index (χ4n) is 4.09. The first-order valence-electron chi connectivity index (χ1n) is 10.6. The van der Waals surface area contributed by atoms with E-state index in [2.05, 4.69) is 25.6 Å². The van der Waals surface area contributed by atoms with Gasteiger partial charge in [0.2, 0.25) is 0 Å². The molecule has 2 amide bonds. The first kappa shape index (κ1) is 25.2. The fraction of sp³-hybridized carbons (Fsp3) is 0.286. The highest BCUT2D eigenvalue weighted by Crippen LogP contribution is 2.50. The third-order valence-electron chi connectivity index (χ3n) is 6.02. The quantitative estimate of drug-likeness (QED) is 0.350. The molecule has 0 spiro atoms. The van der Waals surface area contributed by atoms with E-state index in [1.54, 1.807) is 0 Å². The summed E-state index contributed by atoms with van der Waals surface area (Å²) < 4.78 is 43.9. The third kappa shape index (κ3) is 4.15. The topological polar surface area (TPSA) is 134 Å². The SMILES string of the molecule is C[C@@]1(C(F)(F)F)CN(C(=O)Nc2cnc(-n3ncc(C(O)CO)n3)c(Cl)c2)c2ccc3cc(Cl)nn3c21. The highest BCUT2D eigenvalue weighted by molar-refractivity contribution is 6.32. The van der Waals surface area contributed by atoms with Crippen molar-refractivity contribution < 1.29 is 28.2 Å². The van der Waals surface area contributed by atoms with Crippen molar-refractivity contribution in [2.24, 2.45) is 0 Å². The van der Waals surface area contributed by atoms with Crippen LogP contribution < -0.4 is 10.2 Å². The molecular weight excluding hydrogens is 540 g/mol. The van der Waals surface area contributed by atoms with Crippen molar-refractivity contribution >= 4 is 46.1 Å². The van der Waals surface area contributed by atoms with Crippen LogP contribution in [0.25, 0.3) is 11.3 Å². The molecule has 1 aliphatic rings. The minimum Gasteiger partial charge on any atom is -0.393 e. The molecule has 3 N–H and O–H groups in total. The zero-order valence-corrected chi connectivity index (χ0v) is 20.3. The first-order chi connectivity index (χ1) is 17.4. The number of nitrogens with one attached hydrogen (secondary N) is 1. The van der Waals surface area contributed by atoms with Gasteiger partial charge in [-0.15, -0.1) is 9.90 Å². The Morgan fingerprint density at radius 3 is 2.68 bits per heavy atom. The van der Waals surface area contributed by atoms with E-state index in [1.165, 1.54) is 36.7 Å². The molecular formula is C21H17Cl2F3N8O3. The van der Waals surface area contributed by atoms with Gasteiger partial charge < -0.3 is 15.5 Å². The van der Waals surface area contributed by atoms with Crippen molar-refractivity contribution in [1.29, 1.82) is 0 Å². The molecule has 4 aromatic rings. The van der Waals surface area contributed by atoms with Crippen molar-refractivity contribution in [3.05, 3.63) is 58.2 Å². The maximum atomic E-state index is 14.3. The summed E-state index contributed by atoms with van der Waals surface area (Å²) in [4.78, 5) is 19.2.